The van der Waals surface area contributed by atoms with Gasteiger partial charge in [-0.15, -0.1) is 5.10 Å². The lowest BCUT2D eigenvalue weighted by molar-refractivity contribution is 0.269. The normalized spacial score (nSPS) is 16.1. The Morgan fingerprint density at radius 3 is 3.00 bits per heavy atom. The summed E-state index contributed by atoms with van der Waals surface area (Å²) in [5.74, 6) is 0. The lowest BCUT2D eigenvalue weighted by Crippen LogP contribution is -2.27. The van der Waals surface area contributed by atoms with Crippen molar-refractivity contribution in [3.8, 4) is 11.3 Å². The molecule has 0 radical (unpaired) electrons. The molecular weight excluding hydrogens is 374 g/mol. The third-order valence-electron chi connectivity index (χ3n) is 4.85. The fourth-order valence-corrected chi connectivity index (χ4v) is 3.36. The quantitative estimate of drug-likeness (QED) is 0.512. The number of aromatic nitrogens is 7. The van der Waals surface area contributed by atoms with Crippen LogP contribution >= 0.6 is 0 Å². The van der Waals surface area contributed by atoms with Gasteiger partial charge < -0.3 is 10.2 Å². The molecule has 11 nitrogen and oxygen atoms in total. The number of nitrogens with zero attached hydrogens (tertiary/aromatic N) is 8. The van der Waals surface area contributed by atoms with Crippen LogP contribution in [-0.2, 0) is 13.1 Å². The van der Waals surface area contributed by atoms with Crippen molar-refractivity contribution in [2.45, 2.75) is 13.1 Å². The van der Waals surface area contributed by atoms with Crippen LogP contribution in [0, 0.1) is 0 Å². The first-order valence-electron chi connectivity index (χ1n) is 9.19. The van der Waals surface area contributed by atoms with E-state index < -0.39 is 0 Å². The van der Waals surface area contributed by atoms with Crippen LogP contribution in [0.1, 0.15) is 0 Å². The maximum Gasteiger partial charge on any atom is 0.221 e. The summed E-state index contributed by atoms with van der Waals surface area (Å²) in [5.41, 5.74) is 8.62. The van der Waals surface area contributed by atoms with Crippen LogP contribution in [0.5, 0.6) is 0 Å². The average Bonchev–Trinajstić information content (AvgIpc) is 3.46. The zero-order chi connectivity index (χ0) is 19.8. The molecule has 11 heteroatoms. The predicted molar refractivity (Wildman–Crippen MR) is 103 cm³/mol. The van der Waals surface area contributed by atoms with Crippen molar-refractivity contribution in [3.63, 3.8) is 0 Å². The highest BCUT2D eigenvalue weighted by Crippen LogP contribution is 2.24. The molecule has 0 aliphatic carbocycles. The van der Waals surface area contributed by atoms with Crippen LogP contribution in [0.3, 0.4) is 0 Å². The first-order valence-corrected chi connectivity index (χ1v) is 9.19. The van der Waals surface area contributed by atoms with E-state index in [0.29, 0.717) is 36.6 Å². The van der Waals surface area contributed by atoms with Crippen LogP contribution in [0.15, 0.2) is 53.8 Å². The fraction of sp³-hybridized carbons (Fsp3) is 0.278. The van der Waals surface area contributed by atoms with Gasteiger partial charge in [-0.2, -0.15) is 5.10 Å². The van der Waals surface area contributed by atoms with Gasteiger partial charge in [0.2, 0.25) is 5.65 Å². The highest BCUT2D eigenvalue weighted by molar-refractivity contribution is 5.69. The summed E-state index contributed by atoms with van der Waals surface area (Å²) in [5, 5.41) is 33.0. The minimum absolute atomic E-state index is 0.0154. The Morgan fingerprint density at radius 1 is 1.21 bits per heavy atom. The van der Waals surface area contributed by atoms with E-state index in [-0.39, 0.29) is 13.2 Å². The molecule has 5 rings (SSSR count). The Kier molecular flexibility index (Phi) is 4.39. The number of fused-ring (bicyclic) bond motifs is 2. The number of rotatable bonds is 6. The summed E-state index contributed by atoms with van der Waals surface area (Å²) in [7, 11) is 0. The molecule has 0 fully saturated rings. The number of hydrogen-bond donors (Lipinski definition) is 3. The number of allylic oxidation sites excluding steroid dienone is 3. The molecule has 0 aromatic carbocycles. The summed E-state index contributed by atoms with van der Waals surface area (Å²) in [6.07, 6.45) is 11.1. The van der Waals surface area contributed by atoms with Gasteiger partial charge in [0.05, 0.1) is 50.1 Å². The number of aliphatic hydroxyl groups excluding tert-OH is 2. The molecule has 2 aliphatic rings. The van der Waals surface area contributed by atoms with E-state index in [9.17, 15) is 5.11 Å². The van der Waals surface area contributed by atoms with Crippen molar-refractivity contribution in [3.05, 3.63) is 53.8 Å². The number of aliphatic hydroxyl groups is 2. The van der Waals surface area contributed by atoms with E-state index >= 15 is 0 Å². The van der Waals surface area contributed by atoms with Gasteiger partial charge in [0, 0.05) is 24.5 Å². The van der Waals surface area contributed by atoms with E-state index in [4.69, 9.17) is 5.11 Å². The predicted octanol–water partition coefficient (Wildman–Crippen LogP) is -0.403. The van der Waals surface area contributed by atoms with Crippen LogP contribution in [0.2, 0.25) is 0 Å². The molecule has 0 unspecified atom stereocenters. The summed E-state index contributed by atoms with van der Waals surface area (Å²) >= 11 is 0. The van der Waals surface area contributed by atoms with Crippen molar-refractivity contribution >= 4 is 11.3 Å². The van der Waals surface area contributed by atoms with Crippen LogP contribution < -0.4 is 5.43 Å². The Hall–Kier alpha value is -3.41. The van der Waals surface area contributed by atoms with Gasteiger partial charge in [-0.3, -0.25) is 9.69 Å². The minimum Gasteiger partial charge on any atom is -0.394 e. The van der Waals surface area contributed by atoms with E-state index in [2.05, 4.69) is 30.8 Å². The molecule has 3 aromatic heterocycles. The molecule has 3 N–H and O–H groups in total. The fourth-order valence-electron chi connectivity index (χ4n) is 3.36. The smallest absolute Gasteiger partial charge is 0.221 e. The second kappa shape index (κ2) is 7.20. The van der Waals surface area contributed by atoms with Crippen molar-refractivity contribution < 1.29 is 10.2 Å². The third-order valence-corrected chi connectivity index (χ3v) is 4.85. The second-order valence-corrected chi connectivity index (χ2v) is 6.75. The standard InChI is InChI=1S/C18H19N9O2/c28-4-3-25-10-13(6-20-25)15-8-19-17-18(22-15)27(24-23-17)9-12-1-2-26-16(5-12)14(11-29)7-21-26/h1-2,5-6,8,10,21,28-29H,3-4,7,9,11H2. The topological polar surface area (TPSA) is 130 Å². The van der Waals surface area contributed by atoms with Gasteiger partial charge in [-0.1, -0.05) is 5.21 Å². The molecule has 3 aromatic rings. The summed E-state index contributed by atoms with van der Waals surface area (Å²) in [4.78, 5) is 9.04. The van der Waals surface area contributed by atoms with Crippen LogP contribution in [0.25, 0.3) is 22.6 Å². The molecule has 0 atom stereocenters. The zero-order valence-corrected chi connectivity index (χ0v) is 15.5. The first-order chi connectivity index (χ1) is 14.2. The van der Waals surface area contributed by atoms with Gasteiger partial charge in [0.15, 0.2) is 5.65 Å². The molecule has 0 spiro atoms. The first kappa shape index (κ1) is 17.7. The van der Waals surface area contributed by atoms with Crippen molar-refractivity contribution in [1.29, 1.82) is 0 Å². The highest BCUT2D eigenvalue weighted by Gasteiger charge is 2.21. The second-order valence-electron chi connectivity index (χ2n) is 6.75. The molecule has 29 heavy (non-hydrogen) atoms. The van der Waals surface area contributed by atoms with Crippen molar-refractivity contribution in [2.24, 2.45) is 0 Å². The van der Waals surface area contributed by atoms with E-state index in [1.54, 1.807) is 21.8 Å². The summed E-state index contributed by atoms with van der Waals surface area (Å²) in [6.45, 7) is 1.57. The summed E-state index contributed by atoms with van der Waals surface area (Å²) < 4.78 is 3.36. The van der Waals surface area contributed by atoms with Crippen molar-refractivity contribution in [2.75, 3.05) is 19.8 Å². The Morgan fingerprint density at radius 2 is 2.14 bits per heavy atom. The third kappa shape index (κ3) is 3.20. The molecule has 0 saturated carbocycles. The monoisotopic (exact) mass is 393 g/mol. The maximum atomic E-state index is 9.52. The molecule has 5 heterocycles. The van der Waals surface area contributed by atoms with E-state index in [0.717, 1.165) is 22.4 Å². The number of hydrogen-bond acceptors (Lipinski definition) is 9. The number of hydrazine groups is 1. The number of nitrogens with one attached hydrogen (secondary N) is 1. The molecule has 0 bridgehead atoms. The lowest BCUT2D eigenvalue weighted by atomic mass is 10.1. The van der Waals surface area contributed by atoms with Gasteiger partial charge in [0.25, 0.3) is 0 Å². The Bertz CT molecular complexity index is 1160. The molecule has 0 amide bonds. The Balaban J connectivity index is 1.46. The zero-order valence-electron chi connectivity index (χ0n) is 15.5. The molecule has 2 aliphatic heterocycles. The Labute approximate surface area is 165 Å². The van der Waals surface area contributed by atoms with Gasteiger partial charge >= 0.3 is 0 Å². The van der Waals surface area contributed by atoms with E-state index in [1.807, 2.05) is 29.6 Å². The average molecular weight is 393 g/mol. The lowest BCUT2D eigenvalue weighted by Gasteiger charge is -2.20. The van der Waals surface area contributed by atoms with Gasteiger partial charge in [0.1, 0.15) is 0 Å². The summed E-state index contributed by atoms with van der Waals surface area (Å²) in [6, 6.07) is 0. The highest BCUT2D eigenvalue weighted by atomic mass is 16.3. The SMILES string of the molecule is OCCn1cc(-c2cnc3nnn(CC4=CC5=C(CO)CNN5C=C4)c3n2)cn1. The largest absolute Gasteiger partial charge is 0.394 e. The van der Waals surface area contributed by atoms with Crippen LogP contribution in [-0.4, -0.2) is 69.7 Å². The molecule has 0 saturated heterocycles. The van der Waals surface area contributed by atoms with Gasteiger partial charge in [-0.25, -0.2) is 20.1 Å². The molecular formula is C18H19N9O2. The molecule has 148 valence electrons. The van der Waals surface area contributed by atoms with E-state index in [1.165, 1.54) is 0 Å². The van der Waals surface area contributed by atoms with Gasteiger partial charge in [-0.05, 0) is 23.3 Å². The minimum atomic E-state index is 0.0154. The van der Waals surface area contributed by atoms with Crippen molar-refractivity contribution in [1.82, 2.24) is 45.2 Å². The maximum absolute atomic E-state index is 9.52. The van der Waals surface area contributed by atoms with Crippen LogP contribution in [0.4, 0.5) is 0 Å².